The average molecular weight is 294 g/mol. The first-order chi connectivity index (χ1) is 6.61. The molecule has 0 fully saturated rings. The summed E-state index contributed by atoms with van der Waals surface area (Å²) >= 11 is 15.2. The molecule has 1 aliphatic carbocycles. The number of rotatable bonds is 0. The van der Waals surface area contributed by atoms with Gasteiger partial charge in [-0.1, -0.05) is 39.1 Å². The van der Waals surface area contributed by atoms with E-state index in [1.807, 2.05) is 0 Å². The average Bonchev–Trinajstić information content (AvgIpc) is 2.17. The van der Waals surface area contributed by atoms with E-state index < -0.39 is 0 Å². The van der Waals surface area contributed by atoms with Crippen LogP contribution in [0.5, 0.6) is 0 Å². The van der Waals surface area contributed by atoms with Crippen molar-refractivity contribution in [1.29, 1.82) is 0 Å². The summed E-state index contributed by atoms with van der Waals surface area (Å²) in [5, 5.41) is 1.04. The molecule has 0 saturated carbocycles. The van der Waals surface area contributed by atoms with Gasteiger partial charge in [0.15, 0.2) is 5.78 Å². The number of carbonyl (C=O) groups excluding carboxylic acids is 1. The fourth-order valence-corrected chi connectivity index (χ4v) is 2.55. The maximum Gasteiger partial charge on any atom is 0.176 e. The van der Waals surface area contributed by atoms with Crippen LogP contribution < -0.4 is 0 Å². The Morgan fingerprint density at radius 2 is 2.07 bits per heavy atom. The first-order valence-corrected chi connectivity index (χ1v) is 5.93. The Morgan fingerprint density at radius 1 is 1.36 bits per heavy atom. The molecule has 14 heavy (non-hydrogen) atoms. The third-order valence-electron chi connectivity index (χ3n) is 2.39. The molecular formula is C10H7BrCl2O. The van der Waals surface area contributed by atoms with E-state index in [-0.39, 0.29) is 10.6 Å². The van der Waals surface area contributed by atoms with Crippen LogP contribution in [-0.2, 0) is 6.42 Å². The van der Waals surface area contributed by atoms with Crippen LogP contribution in [0, 0.1) is 0 Å². The van der Waals surface area contributed by atoms with Gasteiger partial charge < -0.3 is 0 Å². The second-order valence-electron chi connectivity index (χ2n) is 3.26. The highest BCUT2D eigenvalue weighted by molar-refractivity contribution is 9.10. The monoisotopic (exact) mass is 292 g/mol. The molecule has 0 radical (unpaired) electrons. The van der Waals surface area contributed by atoms with E-state index in [0.717, 1.165) is 18.4 Å². The zero-order chi connectivity index (χ0) is 10.3. The van der Waals surface area contributed by atoms with Gasteiger partial charge in [-0.15, -0.1) is 0 Å². The molecule has 0 spiro atoms. The van der Waals surface area contributed by atoms with Crippen molar-refractivity contribution in [2.24, 2.45) is 0 Å². The Bertz CT molecular complexity index is 403. The predicted octanol–water partition coefficient (Wildman–Crippen LogP) is 3.89. The van der Waals surface area contributed by atoms with Gasteiger partial charge in [-0.2, -0.15) is 0 Å². The second-order valence-corrected chi connectivity index (χ2v) is 5.15. The third kappa shape index (κ3) is 1.60. The summed E-state index contributed by atoms with van der Waals surface area (Å²) in [6, 6.07) is 3.42. The molecule has 0 bridgehead atoms. The number of hydrogen-bond donors (Lipinski definition) is 0. The molecule has 0 amide bonds. The molecule has 1 atom stereocenters. The number of carbonyl (C=O) groups is 1. The third-order valence-corrected chi connectivity index (χ3v) is 4.11. The van der Waals surface area contributed by atoms with Crippen LogP contribution >= 0.6 is 39.1 Å². The van der Waals surface area contributed by atoms with E-state index in [1.165, 1.54) is 0 Å². The zero-order valence-electron chi connectivity index (χ0n) is 7.19. The lowest BCUT2D eigenvalue weighted by molar-refractivity contribution is 0.0981. The number of Topliss-reactive ketones (excluding diaryl/α,β-unsaturated/α-hetero) is 1. The first-order valence-electron chi connectivity index (χ1n) is 4.26. The van der Waals surface area contributed by atoms with Crippen LogP contribution in [0.4, 0.5) is 0 Å². The topological polar surface area (TPSA) is 17.1 Å². The van der Waals surface area contributed by atoms with Crippen molar-refractivity contribution in [2.45, 2.75) is 17.7 Å². The summed E-state index contributed by atoms with van der Waals surface area (Å²) in [7, 11) is 0. The highest BCUT2D eigenvalue weighted by Gasteiger charge is 2.27. The Labute approximate surface area is 101 Å². The summed E-state index contributed by atoms with van der Waals surface area (Å²) in [6.07, 6.45) is 1.59. The van der Waals surface area contributed by atoms with Gasteiger partial charge in [-0.05, 0) is 30.5 Å². The van der Waals surface area contributed by atoms with Crippen LogP contribution in [0.2, 0.25) is 10.0 Å². The maximum atomic E-state index is 11.7. The van der Waals surface area contributed by atoms with Gasteiger partial charge in [0.2, 0.25) is 0 Å². The fourth-order valence-electron chi connectivity index (χ4n) is 1.64. The number of fused-ring (bicyclic) bond motifs is 1. The zero-order valence-corrected chi connectivity index (χ0v) is 10.3. The maximum absolute atomic E-state index is 11.7. The van der Waals surface area contributed by atoms with Gasteiger partial charge in [0.1, 0.15) is 0 Å². The molecule has 0 aliphatic heterocycles. The Morgan fingerprint density at radius 3 is 2.79 bits per heavy atom. The number of alkyl halides is 1. The molecular weight excluding hydrogens is 287 g/mol. The molecule has 4 heteroatoms. The molecule has 0 N–H and O–H groups in total. The molecule has 0 aromatic heterocycles. The van der Waals surface area contributed by atoms with Gasteiger partial charge >= 0.3 is 0 Å². The predicted molar refractivity (Wildman–Crippen MR) is 61.8 cm³/mol. The molecule has 0 heterocycles. The molecule has 1 aromatic rings. The SMILES string of the molecule is O=C1c2ccc(Cl)c(Cl)c2CC[C@H]1Br. The van der Waals surface area contributed by atoms with Crippen molar-refractivity contribution in [2.75, 3.05) is 0 Å². The van der Waals surface area contributed by atoms with Gasteiger partial charge in [0.25, 0.3) is 0 Å². The number of benzene rings is 1. The van der Waals surface area contributed by atoms with Gasteiger partial charge in [0, 0.05) is 5.56 Å². The van der Waals surface area contributed by atoms with Crippen molar-refractivity contribution < 1.29 is 4.79 Å². The highest BCUT2D eigenvalue weighted by atomic mass is 79.9. The van der Waals surface area contributed by atoms with Crippen molar-refractivity contribution in [3.05, 3.63) is 33.3 Å². The van der Waals surface area contributed by atoms with Gasteiger partial charge in [0.05, 0.1) is 14.9 Å². The first kappa shape index (κ1) is 10.5. The number of ketones is 1. The molecule has 74 valence electrons. The largest absolute Gasteiger partial charge is 0.293 e. The Balaban J connectivity index is 2.59. The van der Waals surface area contributed by atoms with Crippen molar-refractivity contribution in [1.82, 2.24) is 0 Å². The minimum atomic E-state index is -0.0766. The minimum absolute atomic E-state index is 0.0766. The van der Waals surface area contributed by atoms with Crippen LogP contribution in [0.25, 0.3) is 0 Å². The highest BCUT2D eigenvalue weighted by Crippen LogP contribution is 2.34. The van der Waals surface area contributed by atoms with Crippen molar-refractivity contribution in [3.63, 3.8) is 0 Å². The molecule has 0 saturated heterocycles. The van der Waals surface area contributed by atoms with E-state index in [2.05, 4.69) is 15.9 Å². The molecule has 0 unspecified atom stereocenters. The minimum Gasteiger partial charge on any atom is -0.293 e. The Hall–Kier alpha value is -0.0500. The summed E-state index contributed by atoms with van der Waals surface area (Å²) in [5.41, 5.74) is 1.59. The molecule has 1 aromatic carbocycles. The molecule has 1 nitrogen and oxygen atoms in total. The normalized spacial score (nSPS) is 20.8. The van der Waals surface area contributed by atoms with Crippen molar-refractivity contribution in [3.8, 4) is 0 Å². The van der Waals surface area contributed by atoms with E-state index in [4.69, 9.17) is 23.2 Å². The van der Waals surface area contributed by atoms with Crippen LogP contribution in [0.15, 0.2) is 12.1 Å². The lowest BCUT2D eigenvalue weighted by atomic mass is 9.90. The standard InChI is InChI=1S/C10H7BrCl2O/c11-7-3-1-5-6(10(7)14)2-4-8(12)9(5)13/h2,4,7H,1,3H2/t7-/m1/s1. The molecule has 1 aliphatic rings. The van der Waals surface area contributed by atoms with Gasteiger partial charge in [-0.3, -0.25) is 4.79 Å². The van der Waals surface area contributed by atoms with E-state index >= 15 is 0 Å². The van der Waals surface area contributed by atoms with Crippen LogP contribution in [0.3, 0.4) is 0 Å². The summed E-state index contributed by atoms with van der Waals surface area (Å²) in [5.74, 6) is 0.102. The fraction of sp³-hybridized carbons (Fsp3) is 0.300. The summed E-state index contributed by atoms with van der Waals surface area (Å²) in [6.45, 7) is 0. The quantitative estimate of drug-likeness (QED) is 0.663. The smallest absolute Gasteiger partial charge is 0.176 e. The van der Waals surface area contributed by atoms with Crippen LogP contribution in [0.1, 0.15) is 22.3 Å². The Kier molecular flexibility index (Phi) is 2.87. The lowest BCUT2D eigenvalue weighted by Crippen LogP contribution is -2.22. The van der Waals surface area contributed by atoms with E-state index in [1.54, 1.807) is 12.1 Å². The number of hydrogen-bond acceptors (Lipinski definition) is 1. The van der Waals surface area contributed by atoms with E-state index in [0.29, 0.717) is 15.6 Å². The van der Waals surface area contributed by atoms with Gasteiger partial charge in [-0.25, -0.2) is 0 Å². The van der Waals surface area contributed by atoms with E-state index in [9.17, 15) is 4.79 Å². The summed E-state index contributed by atoms with van der Waals surface area (Å²) in [4.78, 5) is 11.7. The second kappa shape index (κ2) is 3.84. The number of halogens is 3. The summed E-state index contributed by atoms with van der Waals surface area (Å²) < 4.78 is 0. The van der Waals surface area contributed by atoms with Crippen molar-refractivity contribution >= 4 is 44.9 Å². The van der Waals surface area contributed by atoms with Crippen LogP contribution in [-0.4, -0.2) is 10.6 Å². The molecule has 2 rings (SSSR count). The lowest BCUT2D eigenvalue weighted by Gasteiger charge is -2.20.